The maximum absolute atomic E-state index is 10.3. The summed E-state index contributed by atoms with van der Waals surface area (Å²) in [7, 11) is 0. The molecule has 0 fully saturated rings. The molecule has 0 saturated heterocycles. The first-order chi connectivity index (χ1) is 7.65. The van der Waals surface area contributed by atoms with Crippen molar-refractivity contribution in [3.8, 4) is 11.5 Å². The molecular formula is C12H17NO3. The van der Waals surface area contributed by atoms with E-state index in [9.17, 15) is 5.11 Å². The van der Waals surface area contributed by atoms with Crippen LogP contribution in [0, 0.1) is 0 Å². The third kappa shape index (κ3) is 1.99. The van der Waals surface area contributed by atoms with Gasteiger partial charge in [-0.15, -0.1) is 0 Å². The van der Waals surface area contributed by atoms with Gasteiger partial charge in [-0.3, -0.25) is 0 Å². The Bertz CT molecular complexity index is 340. The predicted molar refractivity (Wildman–Crippen MR) is 60.6 cm³/mol. The summed E-state index contributed by atoms with van der Waals surface area (Å²) < 4.78 is 11.1. The first-order valence-corrected chi connectivity index (χ1v) is 5.48. The van der Waals surface area contributed by atoms with Gasteiger partial charge in [0.2, 0.25) is 0 Å². The minimum Gasteiger partial charge on any atom is -0.486 e. The number of hydrogen-bond donors (Lipinski definition) is 2. The van der Waals surface area contributed by atoms with Gasteiger partial charge in [0.15, 0.2) is 11.5 Å². The standard InChI is InChI=1S/C12H17NO3/c1-2-11(13)12(14)7-15-9-5-3-4-6-10(9)16-8-12/h3-6,11,14H,2,7-8,13H2,1H3. The highest BCUT2D eigenvalue weighted by Crippen LogP contribution is 2.31. The summed E-state index contributed by atoms with van der Waals surface area (Å²) in [6, 6.07) is 7.03. The molecule has 3 N–H and O–H groups in total. The van der Waals surface area contributed by atoms with Crippen molar-refractivity contribution in [1.82, 2.24) is 0 Å². The molecular weight excluding hydrogens is 206 g/mol. The summed E-state index contributed by atoms with van der Waals surface area (Å²) >= 11 is 0. The first kappa shape index (κ1) is 11.2. The Labute approximate surface area is 95.0 Å². The monoisotopic (exact) mass is 223 g/mol. The van der Waals surface area contributed by atoms with Gasteiger partial charge in [0.25, 0.3) is 0 Å². The number of nitrogens with two attached hydrogens (primary N) is 1. The van der Waals surface area contributed by atoms with E-state index in [0.29, 0.717) is 17.9 Å². The van der Waals surface area contributed by atoms with Gasteiger partial charge in [0.05, 0.1) is 0 Å². The second kappa shape index (κ2) is 4.31. The molecule has 16 heavy (non-hydrogen) atoms. The lowest BCUT2D eigenvalue weighted by Crippen LogP contribution is -2.55. The average Bonchev–Trinajstić information content (AvgIpc) is 2.50. The van der Waals surface area contributed by atoms with Crippen molar-refractivity contribution < 1.29 is 14.6 Å². The van der Waals surface area contributed by atoms with Gasteiger partial charge in [0, 0.05) is 6.04 Å². The zero-order chi connectivity index (χ0) is 11.6. The van der Waals surface area contributed by atoms with E-state index in [1.807, 2.05) is 31.2 Å². The minimum absolute atomic E-state index is 0.166. The van der Waals surface area contributed by atoms with Crippen molar-refractivity contribution in [2.75, 3.05) is 13.2 Å². The highest BCUT2D eigenvalue weighted by atomic mass is 16.6. The third-order valence-corrected chi connectivity index (χ3v) is 2.93. The van der Waals surface area contributed by atoms with E-state index < -0.39 is 5.60 Å². The van der Waals surface area contributed by atoms with Crippen LogP contribution in [0.2, 0.25) is 0 Å². The lowest BCUT2D eigenvalue weighted by atomic mass is 9.95. The molecule has 0 radical (unpaired) electrons. The van der Waals surface area contributed by atoms with Crippen LogP contribution in [-0.4, -0.2) is 30.0 Å². The molecule has 1 atom stereocenters. The van der Waals surface area contributed by atoms with Gasteiger partial charge in [-0.25, -0.2) is 0 Å². The van der Waals surface area contributed by atoms with E-state index in [2.05, 4.69) is 0 Å². The molecule has 1 aliphatic heterocycles. The van der Waals surface area contributed by atoms with Gasteiger partial charge >= 0.3 is 0 Å². The molecule has 4 heteroatoms. The van der Waals surface area contributed by atoms with Crippen molar-refractivity contribution >= 4 is 0 Å². The Morgan fingerprint density at radius 3 is 2.25 bits per heavy atom. The molecule has 1 aliphatic rings. The van der Waals surface area contributed by atoms with Crippen molar-refractivity contribution in [2.45, 2.75) is 25.0 Å². The van der Waals surface area contributed by atoms with Crippen LogP contribution in [0.3, 0.4) is 0 Å². The zero-order valence-electron chi connectivity index (χ0n) is 9.35. The van der Waals surface area contributed by atoms with Crippen molar-refractivity contribution in [3.05, 3.63) is 24.3 Å². The van der Waals surface area contributed by atoms with Gasteiger partial charge in [-0.05, 0) is 18.6 Å². The molecule has 0 aliphatic carbocycles. The van der Waals surface area contributed by atoms with Crippen LogP contribution in [-0.2, 0) is 0 Å². The normalized spacial score (nSPS) is 19.9. The fourth-order valence-corrected chi connectivity index (χ4v) is 1.73. The number of ether oxygens (including phenoxy) is 2. The molecule has 1 unspecified atom stereocenters. The summed E-state index contributed by atoms with van der Waals surface area (Å²) in [5.41, 5.74) is 4.76. The predicted octanol–water partition coefficient (Wildman–Crippen LogP) is 0.926. The lowest BCUT2D eigenvalue weighted by molar-refractivity contribution is -0.0482. The van der Waals surface area contributed by atoms with Crippen LogP contribution < -0.4 is 15.2 Å². The van der Waals surface area contributed by atoms with Gasteiger partial charge in [-0.2, -0.15) is 0 Å². The maximum Gasteiger partial charge on any atom is 0.161 e. The summed E-state index contributed by atoms with van der Waals surface area (Å²) in [5.74, 6) is 1.31. The van der Waals surface area contributed by atoms with E-state index >= 15 is 0 Å². The van der Waals surface area contributed by atoms with Gasteiger partial charge < -0.3 is 20.3 Å². The summed E-state index contributed by atoms with van der Waals surface area (Å²) in [5, 5.41) is 10.3. The van der Waals surface area contributed by atoms with Crippen LogP contribution in [0.4, 0.5) is 0 Å². The fraction of sp³-hybridized carbons (Fsp3) is 0.500. The molecule has 88 valence electrons. The van der Waals surface area contributed by atoms with Gasteiger partial charge in [-0.1, -0.05) is 19.1 Å². The van der Waals surface area contributed by atoms with Crippen molar-refractivity contribution in [3.63, 3.8) is 0 Å². The molecule has 0 amide bonds. The average molecular weight is 223 g/mol. The second-order valence-corrected chi connectivity index (χ2v) is 4.14. The van der Waals surface area contributed by atoms with E-state index in [4.69, 9.17) is 15.2 Å². The number of para-hydroxylation sites is 2. The third-order valence-electron chi connectivity index (χ3n) is 2.93. The number of fused-ring (bicyclic) bond motifs is 1. The fourth-order valence-electron chi connectivity index (χ4n) is 1.73. The largest absolute Gasteiger partial charge is 0.486 e. The molecule has 1 aromatic carbocycles. The van der Waals surface area contributed by atoms with E-state index in [-0.39, 0.29) is 19.3 Å². The molecule has 1 heterocycles. The Hall–Kier alpha value is -1.26. The van der Waals surface area contributed by atoms with Crippen molar-refractivity contribution in [2.24, 2.45) is 5.73 Å². The summed E-state index contributed by atoms with van der Waals surface area (Å²) in [6.07, 6.45) is 0.680. The van der Waals surface area contributed by atoms with Crippen LogP contribution in [0.1, 0.15) is 13.3 Å². The number of aliphatic hydroxyl groups is 1. The van der Waals surface area contributed by atoms with E-state index in [0.717, 1.165) is 0 Å². The van der Waals surface area contributed by atoms with E-state index in [1.165, 1.54) is 0 Å². The summed E-state index contributed by atoms with van der Waals surface area (Å²) in [4.78, 5) is 0. The summed E-state index contributed by atoms with van der Waals surface area (Å²) in [6.45, 7) is 2.26. The quantitative estimate of drug-likeness (QED) is 0.782. The number of hydrogen-bond acceptors (Lipinski definition) is 4. The van der Waals surface area contributed by atoms with Crippen molar-refractivity contribution in [1.29, 1.82) is 0 Å². The zero-order valence-corrected chi connectivity index (χ0v) is 9.35. The highest BCUT2D eigenvalue weighted by molar-refractivity contribution is 5.40. The van der Waals surface area contributed by atoms with Crippen LogP contribution in [0.25, 0.3) is 0 Å². The molecule has 2 rings (SSSR count). The minimum atomic E-state index is -1.12. The SMILES string of the molecule is CCC(N)C1(O)COc2ccccc2OC1. The molecule has 0 aromatic heterocycles. The number of rotatable bonds is 2. The van der Waals surface area contributed by atoms with E-state index in [1.54, 1.807) is 0 Å². The molecule has 0 saturated carbocycles. The van der Waals surface area contributed by atoms with Crippen LogP contribution in [0.5, 0.6) is 11.5 Å². The Balaban J connectivity index is 2.18. The Kier molecular flexibility index (Phi) is 3.03. The van der Waals surface area contributed by atoms with Gasteiger partial charge in [0.1, 0.15) is 18.8 Å². The van der Waals surface area contributed by atoms with Crippen LogP contribution >= 0.6 is 0 Å². The smallest absolute Gasteiger partial charge is 0.161 e. The molecule has 0 spiro atoms. The van der Waals surface area contributed by atoms with Crippen LogP contribution in [0.15, 0.2) is 24.3 Å². The first-order valence-electron chi connectivity index (χ1n) is 5.48. The highest BCUT2D eigenvalue weighted by Gasteiger charge is 2.37. The topological polar surface area (TPSA) is 64.7 Å². The Morgan fingerprint density at radius 1 is 1.31 bits per heavy atom. The lowest BCUT2D eigenvalue weighted by Gasteiger charge is -2.30. The number of benzene rings is 1. The maximum atomic E-state index is 10.3. The molecule has 4 nitrogen and oxygen atoms in total. The second-order valence-electron chi connectivity index (χ2n) is 4.14. The molecule has 0 bridgehead atoms. The molecule has 1 aromatic rings. The Morgan fingerprint density at radius 2 is 1.81 bits per heavy atom.